The zero-order valence-corrected chi connectivity index (χ0v) is 18.8. The number of hydrogen-bond acceptors (Lipinski definition) is 3. The molecule has 2 heterocycles. The zero-order valence-electron chi connectivity index (χ0n) is 17.2. The molecule has 3 aromatic carbocycles. The molecule has 0 radical (unpaired) electrons. The Morgan fingerprint density at radius 3 is 2.42 bits per heavy atom. The number of rotatable bonds is 3. The molecule has 1 aliphatic rings. The summed E-state index contributed by atoms with van der Waals surface area (Å²) in [5.74, 6) is -0.126. The smallest absolute Gasteiger partial charge is 0.291 e. The van der Waals surface area contributed by atoms with Gasteiger partial charge >= 0.3 is 0 Å². The van der Waals surface area contributed by atoms with E-state index in [1.54, 1.807) is 11.0 Å². The first-order chi connectivity index (χ1) is 14.9. The van der Waals surface area contributed by atoms with Crippen molar-refractivity contribution in [1.29, 1.82) is 0 Å². The van der Waals surface area contributed by atoms with Crippen LogP contribution in [0.5, 0.6) is 0 Å². The maximum absolute atomic E-state index is 13.6. The van der Waals surface area contributed by atoms with Crippen molar-refractivity contribution >= 4 is 32.8 Å². The van der Waals surface area contributed by atoms with Crippen LogP contribution in [-0.2, 0) is 6.54 Å². The molecule has 31 heavy (non-hydrogen) atoms. The van der Waals surface area contributed by atoms with Gasteiger partial charge in [0.15, 0.2) is 5.43 Å². The van der Waals surface area contributed by atoms with Crippen molar-refractivity contribution in [2.75, 3.05) is 0 Å². The Morgan fingerprint density at radius 1 is 0.935 bits per heavy atom. The molecule has 1 aliphatic heterocycles. The summed E-state index contributed by atoms with van der Waals surface area (Å²) in [6.45, 7) is 4.35. The summed E-state index contributed by atoms with van der Waals surface area (Å²) in [6.07, 6.45) is 0. The van der Waals surface area contributed by atoms with E-state index in [1.165, 1.54) is 0 Å². The highest BCUT2D eigenvalue weighted by atomic mass is 79.9. The maximum atomic E-state index is 13.6. The first kappa shape index (κ1) is 19.8. The highest BCUT2D eigenvalue weighted by Crippen LogP contribution is 2.39. The lowest BCUT2D eigenvalue weighted by Gasteiger charge is -2.25. The van der Waals surface area contributed by atoms with Gasteiger partial charge in [-0.2, -0.15) is 0 Å². The molecular weight excluding hydrogens is 454 g/mol. The van der Waals surface area contributed by atoms with Crippen molar-refractivity contribution in [3.8, 4) is 0 Å². The number of amides is 1. The van der Waals surface area contributed by atoms with Crippen LogP contribution in [0, 0.1) is 13.8 Å². The van der Waals surface area contributed by atoms with Crippen LogP contribution in [0.3, 0.4) is 0 Å². The predicted octanol–water partition coefficient (Wildman–Crippen LogP) is 5.92. The molecular formula is C26H20BrNO3. The van der Waals surface area contributed by atoms with Crippen molar-refractivity contribution in [3.05, 3.63) is 115 Å². The molecule has 1 atom stereocenters. The molecule has 4 nitrogen and oxygen atoms in total. The Labute approximate surface area is 188 Å². The summed E-state index contributed by atoms with van der Waals surface area (Å²) in [5, 5.41) is 0.503. The normalized spacial score (nSPS) is 15.5. The second kappa shape index (κ2) is 7.50. The molecule has 0 N–H and O–H groups in total. The Morgan fingerprint density at radius 2 is 1.68 bits per heavy atom. The summed E-state index contributed by atoms with van der Waals surface area (Å²) in [4.78, 5) is 28.8. The molecule has 0 spiro atoms. The summed E-state index contributed by atoms with van der Waals surface area (Å²) in [7, 11) is 0. The van der Waals surface area contributed by atoms with Crippen LogP contribution < -0.4 is 5.43 Å². The third kappa shape index (κ3) is 3.39. The van der Waals surface area contributed by atoms with E-state index in [-0.39, 0.29) is 17.1 Å². The SMILES string of the molecule is Cc1ccc(CN2C(=O)c3oc4ccc(C)cc4c(=O)c3[C@H]2c2cccc(Br)c2)cc1. The predicted molar refractivity (Wildman–Crippen MR) is 124 cm³/mol. The van der Waals surface area contributed by atoms with Gasteiger partial charge in [0.1, 0.15) is 5.58 Å². The van der Waals surface area contributed by atoms with Gasteiger partial charge in [-0.15, -0.1) is 0 Å². The van der Waals surface area contributed by atoms with Gasteiger partial charge in [-0.3, -0.25) is 9.59 Å². The minimum Gasteiger partial charge on any atom is -0.450 e. The van der Waals surface area contributed by atoms with Crippen molar-refractivity contribution in [2.24, 2.45) is 0 Å². The number of carbonyl (C=O) groups is 1. The highest BCUT2D eigenvalue weighted by molar-refractivity contribution is 9.10. The first-order valence-electron chi connectivity index (χ1n) is 10.1. The molecule has 5 rings (SSSR count). The number of nitrogens with zero attached hydrogens (tertiary/aromatic N) is 1. The van der Waals surface area contributed by atoms with Crippen LogP contribution in [0.2, 0.25) is 0 Å². The average Bonchev–Trinajstić information content (AvgIpc) is 3.02. The minimum absolute atomic E-state index is 0.137. The Kier molecular flexibility index (Phi) is 4.78. The molecule has 0 aliphatic carbocycles. The fourth-order valence-electron chi connectivity index (χ4n) is 4.21. The van der Waals surface area contributed by atoms with Crippen molar-refractivity contribution in [3.63, 3.8) is 0 Å². The van der Waals surface area contributed by atoms with Gasteiger partial charge in [0.2, 0.25) is 5.76 Å². The number of fused-ring (bicyclic) bond motifs is 2. The lowest BCUT2D eigenvalue weighted by Crippen LogP contribution is -2.29. The zero-order chi connectivity index (χ0) is 21.7. The molecule has 154 valence electrons. The van der Waals surface area contributed by atoms with Gasteiger partial charge in [0.25, 0.3) is 5.91 Å². The number of carbonyl (C=O) groups excluding carboxylic acids is 1. The standard InChI is InChI=1S/C26H20BrNO3/c1-15-6-9-17(10-7-15)14-28-23(18-4-3-5-19(27)13-18)22-24(29)20-12-16(2)8-11-21(20)31-25(22)26(28)30/h3-13,23H,14H2,1-2H3/t23-/m1/s1. The fourth-order valence-corrected chi connectivity index (χ4v) is 4.63. The van der Waals surface area contributed by atoms with Gasteiger partial charge in [-0.05, 0) is 49.2 Å². The van der Waals surface area contributed by atoms with E-state index in [2.05, 4.69) is 15.9 Å². The molecule has 1 aromatic heterocycles. The number of halogens is 1. The van der Waals surface area contributed by atoms with Crippen LogP contribution in [0.4, 0.5) is 0 Å². The summed E-state index contributed by atoms with van der Waals surface area (Å²) in [6, 6.07) is 20.8. The molecule has 1 amide bonds. The van der Waals surface area contributed by atoms with Crippen LogP contribution in [0.25, 0.3) is 11.0 Å². The summed E-state index contributed by atoms with van der Waals surface area (Å²) >= 11 is 3.52. The van der Waals surface area contributed by atoms with E-state index < -0.39 is 6.04 Å². The topological polar surface area (TPSA) is 50.5 Å². The van der Waals surface area contributed by atoms with E-state index in [0.29, 0.717) is 23.1 Å². The van der Waals surface area contributed by atoms with Gasteiger partial charge in [-0.1, -0.05) is 69.5 Å². The summed E-state index contributed by atoms with van der Waals surface area (Å²) in [5.41, 5.74) is 4.69. The third-order valence-electron chi connectivity index (χ3n) is 5.76. The number of benzene rings is 3. The maximum Gasteiger partial charge on any atom is 0.291 e. The second-order valence-electron chi connectivity index (χ2n) is 8.05. The van der Waals surface area contributed by atoms with Crippen LogP contribution >= 0.6 is 15.9 Å². The Balaban J connectivity index is 1.73. The number of hydrogen-bond donors (Lipinski definition) is 0. The number of aryl methyl sites for hydroxylation is 2. The Hall–Kier alpha value is -3.18. The van der Waals surface area contributed by atoms with Crippen molar-refractivity contribution in [1.82, 2.24) is 4.90 Å². The van der Waals surface area contributed by atoms with Crippen LogP contribution in [-0.4, -0.2) is 10.8 Å². The van der Waals surface area contributed by atoms with Gasteiger partial charge < -0.3 is 9.32 Å². The van der Waals surface area contributed by atoms with Crippen LogP contribution in [0.15, 0.2) is 80.4 Å². The molecule has 0 fully saturated rings. The van der Waals surface area contributed by atoms with Crippen molar-refractivity contribution < 1.29 is 9.21 Å². The van der Waals surface area contributed by atoms with E-state index >= 15 is 0 Å². The lowest BCUT2D eigenvalue weighted by molar-refractivity contribution is 0.0714. The molecule has 0 saturated heterocycles. The third-order valence-corrected chi connectivity index (χ3v) is 6.25. The second-order valence-corrected chi connectivity index (χ2v) is 8.97. The largest absolute Gasteiger partial charge is 0.450 e. The quantitative estimate of drug-likeness (QED) is 0.371. The lowest BCUT2D eigenvalue weighted by atomic mass is 9.98. The minimum atomic E-state index is -0.512. The first-order valence-corrected chi connectivity index (χ1v) is 10.9. The average molecular weight is 474 g/mol. The van der Waals surface area contributed by atoms with E-state index in [0.717, 1.165) is 26.7 Å². The van der Waals surface area contributed by atoms with E-state index in [4.69, 9.17) is 4.42 Å². The Bertz CT molecular complexity index is 1390. The summed E-state index contributed by atoms with van der Waals surface area (Å²) < 4.78 is 6.91. The van der Waals surface area contributed by atoms with Crippen LogP contribution in [0.1, 0.15) is 44.4 Å². The molecule has 0 bridgehead atoms. The highest BCUT2D eigenvalue weighted by Gasteiger charge is 2.42. The monoisotopic (exact) mass is 473 g/mol. The molecule has 4 aromatic rings. The van der Waals surface area contributed by atoms with Crippen molar-refractivity contribution in [2.45, 2.75) is 26.4 Å². The van der Waals surface area contributed by atoms with Gasteiger partial charge in [0.05, 0.1) is 17.0 Å². The molecule has 5 heteroatoms. The molecule has 0 saturated carbocycles. The molecule has 0 unspecified atom stereocenters. The van der Waals surface area contributed by atoms with Gasteiger partial charge in [0, 0.05) is 11.0 Å². The fraction of sp³-hybridized carbons (Fsp3) is 0.154. The van der Waals surface area contributed by atoms with Gasteiger partial charge in [-0.25, -0.2) is 0 Å². The van der Waals surface area contributed by atoms with E-state index in [9.17, 15) is 9.59 Å². The van der Waals surface area contributed by atoms with E-state index in [1.807, 2.05) is 74.5 Å².